The van der Waals surface area contributed by atoms with Crippen LogP contribution in [0.4, 0.5) is 4.39 Å². The molecule has 2 rings (SSSR count). The van der Waals surface area contributed by atoms with Crippen LogP contribution in [0.1, 0.15) is 16.7 Å². The van der Waals surface area contributed by atoms with Crippen molar-refractivity contribution in [1.82, 2.24) is 10.2 Å². The van der Waals surface area contributed by atoms with Crippen LogP contribution < -0.4 is 5.32 Å². The summed E-state index contributed by atoms with van der Waals surface area (Å²) < 4.78 is 13.6. The summed E-state index contributed by atoms with van der Waals surface area (Å²) in [5.74, 6) is -0.0786. The first-order valence-corrected chi connectivity index (χ1v) is 5.85. The molecule has 16 heavy (non-hydrogen) atoms. The minimum atomic E-state index is -0.0786. The first-order chi connectivity index (χ1) is 7.66. The van der Waals surface area contributed by atoms with Gasteiger partial charge in [-0.2, -0.15) is 0 Å². The molecular formula is C13H19FN2. The molecule has 1 aliphatic rings. The zero-order valence-corrected chi connectivity index (χ0v) is 10.0. The van der Waals surface area contributed by atoms with E-state index in [4.69, 9.17) is 0 Å². The van der Waals surface area contributed by atoms with Crippen molar-refractivity contribution in [2.24, 2.45) is 0 Å². The summed E-state index contributed by atoms with van der Waals surface area (Å²) in [7, 11) is 0. The van der Waals surface area contributed by atoms with Crippen LogP contribution in [0.25, 0.3) is 0 Å². The fourth-order valence-electron chi connectivity index (χ4n) is 2.11. The van der Waals surface area contributed by atoms with E-state index < -0.39 is 0 Å². The standard InChI is InChI=1S/C13H19FN2/c1-10-7-12(8-13(14)11(10)2)9-16-5-3-15-4-6-16/h7-8,15H,3-6,9H2,1-2H3. The van der Waals surface area contributed by atoms with E-state index in [1.807, 2.05) is 13.8 Å². The van der Waals surface area contributed by atoms with Crippen LogP contribution in [0, 0.1) is 19.7 Å². The van der Waals surface area contributed by atoms with E-state index >= 15 is 0 Å². The van der Waals surface area contributed by atoms with Crippen LogP contribution in [0.15, 0.2) is 12.1 Å². The third-order valence-electron chi connectivity index (χ3n) is 3.28. The molecule has 1 fully saturated rings. The van der Waals surface area contributed by atoms with E-state index in [1.165, 1.54) is 0 Å². The van der Waals surface area contributed by atoms with Crippen molar-refractivity contribution in [3.8, 4) is 0 Å². The summed E-state index contributed by atoms with van der Waals surface area (Å²) in [5.41, 5.74) is 2.90. The molecular weight excluding hydrogens is 203 g/mol. The van der Waals surface area contributed by atoms with Gasteiger partial charge < -0.3 is 5.32 Å². The average molecular weight is 222 g/mol. The second kappa shape index (κ2) is 4.93. The van der Waals surface area contributed by atoms with Crippen LogP contribution in [0.3, 0.4) is 0 Å². The number of piperazine rings is 1. The topological polar surface area (TPSA) is 15.3 Å². The van der Waals surface area contributed by atoms with Crippen LogP contribution in [0.5, 0.6) is 0 Å². The summed E-state index contributed by atoms with van der Waals surface area (Å²) in [6.07, 6.45) is 0. The molecule has 1 aliphatic heterocycles. The fourth-order valence-corrected chi connectivity index (χ4v) is 2.11. The Labute approximate surface area is 96.5 Å². The van der Waals surface area contributed by atoms with Crippen molar-refractivity contribution in [2.45, 2.75) is 20.4 Å². The Morgan fingerprint density at radius 1 is 1.25 bits per heavy atom. The number of rotatable bonds is 2. The second-order valence-electron chi connectivity index (χ2n) is 4.55. The highest BCUT2D eigenvalue weighted by Gasteiger charge is 2.11. The van der Waals surface area contributed by atoms with Gasteiger partial charge in [-0.25, -0.2) is 4.39 Å². The minimum absolute atomic E-state index is 0.0786. The van der Waals surface area contributed by atoms with Crippen molar-refractivity contribution < 1.29 is 4.39 Å². The molecule has 1 aromatic rings. The van der Waals surface area contributed by atoms with E-state index in [0.29, 0.717) is 0 Å². The summed E-state index contributed by atoms with van der Waals surface area (Å²) in [6, 6.07) is 3.77. The Kier molecular flexibility index (Phi) is 3.56. The number of aryl methyl sites for hydroxylation is 1. The Bertz CT molecular complexity index is 347. The first-order valence-electron chi connectivity index (χ1n) is 5.85. The van der Waals surface area contributed by atoms with E-state index in [1.54, 1.807) is 6.07 Å². The molecule has 0 bridgehead atoms. The maximum absolute atomic E-state index is 13.6. The third-order valence-corrected chi connectivity index (χ3v) is 3.28. The van der Waals surface area contributed by atoms with Crippen LogP contribution in [-0.4, -0.2) is 31.1 Å². The van der Waals surface area contributed by atoms with Gasteiger partial charge in [0.15, 0.2) is 0 Å². The molecule has 0 atom stereocenters. The van der Waals surface area contributed by atoms with Crippen molar-refractivity contribution in [3.63, 3.8) is 0 Å². The molecule has 88 valence electrons. The number of hydrogen-bond acceptors (Lipinski definition) is 2. The number of nitrogens with zero attached hydrogens (tertiary/aromatic N) is 1. The van der Waals surface area contributed by atoms with Crippen molar-refractivity contribution >= 4 is 0 Å². The molecule has 0 unspecified atom stereocenters. The largest absolute Gasteiger partial charge is 0.314 e. The van der Waals surface area contributed by atoms with Gasteiger partial charge >= 0.3 is 0 Å². The summed E-state index contributed by atoms with van der Waals surface area (Å²) in [4.78, 5) is 2.36. The zero-order chi connectivity index (χ0) is 11.5. The van der Waals surface area contributed by atoms with Crippen molar-refractivity contribution in [3.05, 3.63) is 34.6 Å². The Balaban J connectivity index is 2.09. The van der Waals surface area contributed by atoms with Gasteiger partial charge in [0, 0.05) is 32.7 Å². The maximum Gasteiger partial charge on any atom is 0.126 e. The normalized spacial score (nSPS) is 17.7. The summed E-state index contributed by atoms with van der Waals surface area (Å²) >= 11 is 0. The lowest BCUT2D eigenvalue weighted by atomic mass is 10.1. The molecule has 1 N–H and O–H groups in total. The average Bonchev–Trinajstić information content (AvgIpc) is 2.27. The first kappa shape index (κ1) is 11.6. The Morgan fingerprint density at radius 3 is 2.56 bits per heavy atom. The lowest BCUT2D eigenvalue weighted by Gasteiger charge is -2.27. The SMILES string of the molecule is Cc1cc(CN2CCNCC2)cc(F)c1C. The lowest BCUT2D eigenvalue weighted by Crippen LogP contribution is -2.42. The highest BCUT2D eigenvalue weighted by Crippen LogP contribution is 2.16. The van der Waals surface area contributed by atoms with Gasteiger partial charge in [-0.05, 0) is 36.6 Å². The second-order valence-corrected chi connectivity index (χ2v) is 4.55. The highest BCUT2D eigenvalue weighted by molar-refractivity contribution is 5.31. The summed E-state index contributed by atoms with van der Waals surface area (Å²) in [5, 5.41) is 3.32. The van der Waals surface area contributed by atoms with Crippen molar-refractivity contribution in [2.75, 3.05) is 26.2 Å². The Hall–Kier alpha value is -0.930. The smallest absolute Gasteiger partial charge is 0.126 e. The van der Waals surface area contributed by atoms with Gasteiger partial charge in [0.2, 0.25) is 0 Å². The molecule has 2 nitrogen and oxygen atoms in total. The van der Waals surface area contributed by atoms with Gasteiger partial charge in [0.1, 0.15) is 5.82 Å². The molecule has 0 saturated carbocycles. The van der Waals surface area contributed by atoms with Crippen molar-refractivity contribution in [1.29, 1.82) is 0 Å². The van der Waals surface area contributed by atoms with E-state index in [9.17, 15) is 4.39 Å². The monoisotopic (exact) mass is 222 g/mol. The molecule has 1 aromatic carbocycles. The third kappa shape index (κ3) is 2.60. The van der Waals surface area contributed by atoms with Crippen LogP contribution in [0.2, 0.25) is 0 Å². The quantitative estimate of drug-likeness (QED) is 0.821. The lowest BCUT2D eigenvalue weighted by molar-refractivity contribution is 0.233. The molecule has 0 radical (unpaired) electrons. The Morgan fingerprint density at radius 2 is 1.94 bits per heavy atom. The number of benzene rings is 1. The summed E-state index contributed by atoms with van der Waals surface area (Å²) in [6.45, 7) is 8.84. The molecule has 0 amide bonds. The number of nitrogens with one attached hydrogen (secondary N) is 1. The predicted molar refractivity (Wildman–Crippen MR) is 64.0 cm³/mol. The van der Waals surface area contributed by atoms with Gasteiger partial charge in [-0.3, -0.25) is 4.90 Å². The number of hydrogen-bond donors (Lipinski definition) is 1. The zero-order valence-electron chi connectivity index (χ0n) is 10.0. The highest BCUT2D eigenvalue weighted by atomic mass is 19.1. The van der Waals surface area contributed by atoms with Gasteiger partial charge in [-0.1, -0.05) is 6.07 Å². The van der Waals surface area contributed by atoms with E-state index in [2.05, 4.69) is 16.3 Å². The van der Waals surface area contributed by atoms with Crippen LogP contribution in [-0.2, 0) is 6.54 Å². The van der Waals surface area contributed by atoms with Gasteiger partial charge in [0.25, 0.3) is 0 Å². The molecule has 0 aliphatic carbocycles. The molecule has 0 aromatic heterocycles. The van der Waals surface area contributed by atoms with E-state index in [0.717, 1.165) is 49.4 Å². The predicted octanol–water partition coefficient (Wildman–Crippen LogP) is 1.85. The fraction of sp³-hybridized carbons (Fsp3) is 0.538. The van der Waals surface area contributed by atoms with E-state index in [-0.39, 0.29) is 5.82 Å². The molecule has 3 heteroatoms. The molecule has 1 saturated heterocycles. The maximum atomic E-state index is 13.6. The molecule has 0 spiro atoms. The number of halogens is 1. The molecule has 1 heterocycles. The minimum Gasteiger partial charge on any atom is -0.314 e. The van der Waals surface area contributed by atoms with Gasteiger partial charge in [-0.15, -0.1) is 0 Å². The van der Waals surface area contributed by atoms with Crippen LogP contribution >= 0.6 is 0 Å². The van der Waals surface area contributed by atoms with Gasteiger partial charge in [0.05, 0.1) is 0 Å².